The minimum Gasteiger partial charge on any atom is -0.370 e. The molecule has 4 rings (SSSR count). The lowest BCUT2D eigenvalue weighted by Gasteiger charge is -2.35. The van der Waals surface area contributed by atoms with Crippen molar-refractivity contribution in [3.8, 4) is 0 Å². The van der Waals surface area contributed by atoms with Gasteiger partial charge in [0.15, 0.2) is 11.1 Å². The van der Waals surface area contributed by atoms with Crippen LogP contribution in [0.15, 0.2) is 40.8 Å². The molecule has 1 aliphatic carbocycles. The molecule has 2 N–H and O–H groups in total. The highest BCUT2D eigenvalue weighted by atomic mass is 127. The Bertz CT molecular complexity index is 730. The van der Waals surface area contributed by atoms with Crippen molar-refractivity contribution in [3.05, 3.63) is 47.2 Å². The van der Waals surface area contributed by atoms with Gasteiger partial charge in [-0.15, -0.1) is 35.3 Å². The van der Waals surface area contributed by atoms with Gasteiger partial charge in [0.1, 0.15) is 5.82 Å². The van der Waals surface area contributed by atoms with Crippen LogP contribution in [0.25, 0.3) is 0 Å². The quantitative estimate of drug-likeness (QED) is 0.423. The van der Waals surface area contributed by atoms with Crippen LogP contribution >= 0.6 is 35.3 Å². The zero-order valence-corrected chi connectivity index (χ0v) is 16.9. The molecule has 0 bridgehead atoms. The standard InChI is InChI=1S/C17H20FN5S.HI/c18-14-4-2-1-3-12(14)13-11-15(13)21-16(19)22-6-8-23(9-7-22)17-20-5-10-24-17;/h1-5,10,13,15H,6-9,11H2,(H2,19,21);1H. The normalized spacial score (nSPS) is 23.3. The monoisotopic (exact) mass is 473 g/mol. The maximum atomic E-state index is 13.8. The number of nitrogens with zero attached hydrogens (tertiary/aromatic N) is 4. The number of guanidine groups is 1. The number of benzene rings is 1. The number of thiazole rings is 1. The topological polar surface area (TPSA) is 57.8 Å². The first kappa shape index (κ1) is 18.4. The van der Waals surface area contributed by atoms with E-state index in [9.17, 15) is 4.39 Å². The highest BCUT2D eigenvalue weighted by molar-refractivity contribution is 14.0. The molecule has 1 aliphatic heterocycles. The Hall–Kier alpha value is -1.42. The molecule has 0 amide bonds. The molecular weight excluding hydrogens is 452 g/mol. The number of nitrogens with two attached hydrogens (primary N) is 1. The Labute approximate surface area is 167 Å². The average molecular weight is 473 g/mol. The van der Waals surface area contributed by atoms with Crippen molar-refractivity contribution in [2.75, 3.05) is 31.1 Å². The SMILES string of the molecule is I.NC(=NC1CC1c1ccccc1F)N1CCN(c2nccs2)CC1. The van der Waals surface area contributed by atoms with Gasteiger partial charge in [0.05, 0.1) is 6.04 Å². The molecule has 2 aromatic rings. The van der Waals surface area contributed by atoms with Crippen LogP contribution in [0.2, 0.25) is 0 Å². The molecule has 0 spiro atoms. The van der Waals surface area contributed by atoms with E-state index in [1.165, 1.54) is 6.07 Å². The second kappa shape index (κ2) is 7.86. The molecule has 2 heterocycles. The zero-order chi connectivity index (χ0) is 16.5. The van der Waals surface area contributed by atoms with Crippen LogP contribution < -0.4 is 10.6 Å². The number of aromatic nitrogens is 1. The van der Waals surface area contributed by atoms with Gasteiger partial charge in [-0.1, -0.05) is 18.2 Å². The first-order chi connectivity index (χ1) is 11.7. The Balaban J connectivity index is 0.00000182. The summed E-state index contributed by atoms with van der Waals surface area (Å²) in [5, 5.41) is 3.06. The predicted molar refractivity (Wildman–Crippen MR) is 110 cm³/mol. The molecule has 1 aromatic carbocycles. The van der Waals surface area contributed by atoms with Crippen molar-refractivity contribution in [3.63, 3.8) is 0 Å². The highest BCUT2D eigenvalue weighted by Gasteiger charge is 2.40. The van der Waals surface area contributed by atoms with Gasteiger partial charge in [-0.2, -0.15) is 0 Å². The fourth-order valence-corrected chi connectivity index (χ4v) is 3.88. The number of rotatable bonds is 3. The summed E-state index contributed by atoms with van der Waals surface area (Å²) in [6.07, 6.45) is 2.71. The Morgan fingerprint density at radius 2 is 2.00 bits per heavy atom. The summed E-state index contributed by atoms with van der Waals surface area (Å²) in [7, 11) is 0. The smallest absolute Gasteiger partial charge is 0.191 e. The Morgan fingerprint density at radius 3 is 2.68 bits per heavy atom. The van der Waals surface area contributed by atoms with E-state index >= 15 is 0 Å². The molecule has 2 aliphatic rings. The molecule has 134 valence electrons. The van der Waals surface area contributed by atoms with Gasteiger partial charge in [0.2, 0.25) is 0 Å². The number of anilines is 1. The molecule has 2 fully saturated rings. The van der Waals surface area contributed by atoms with E-state index in [0.29, 0.717) is 5.96 Å². The van der Waals surface area contributed by atoms with Gasteiger partial charge >= 0.3 is 0 Å². The Morgan fingerprint density at radius 1 is 1.24 bits per heavy atom. The van der Waals surface area contributed by atoms with E-state index in [4.69, 9.17) is 5.73 Å². The fourth-order valence-electron chi connectivity index (χ4n) is 3.18. The molecule has 1 saturated carbocycles. The zero-order valence-electron chi connectivity index (χ0n) is 13.7. The van der Waals surface area contributed by atoms with Gasteiger partial charge in [-0.25, -0.2) is 14.4 Å². The van der Waals surface area contributed by atoms with E-state index in [1.54, 1.807) is 17.4 Å². The summed E-state index contributed by atoms with van der Waals surface area (Å²) >= 11 is 1.66. The van der Waals surface area contributed by atoms with Crippen molar-refractivity contribution in [2.24, 2.45) is 10.7 Å². The molecule has 2 atom stereocenters. The minimum atomic E-state index is -0.143. The summed E-state index contributed by atoms with van der Waals surface area (Å²) in [6.45, 7) is 3.47. The molecule has 0 radical (unpaired) electrons. The minimum absolute atomic E-state index is 0. The van der Waals surface area contributed by atoms with Gasteiger partial charge in [0, 0.05) is 43.7 Å². The van der Waals surface area contributed by atoms with Crippen LogP contribution in [0.3, 0.4) is 0 Å². The van der Waals surface area contributed by atoms with Crippen LogP contribution in [0, 0.1) is 5.82 Å². The molecular formula is C17H21FIN5S. The molecule has 2 unspecified atom stereocenters. The fraction of sp³-hybridized carbons (Fsp3) is 0.412. The average Bonchev–Trinajstić information content (AvgIpc) is 3.14. The maximum Gasteiger partial charge on any atom is 0.191 e. The van der Waals surface area contributed by atoms with Crippen molar-refractivity contribution in [2.45, 2.75) is 18.4 Å². The summed E-state index contributed by atoms with van der Waals surface area (Å²) in [4.78, 5) is 13.4. The van der Waals surface area contributed by atoms with Gasteiger partial charge in [-0.3, -0.25) is 0 Å². The van der Waals surface area contributed by atoms with E-state index in [-0.39, 0.29) is 41.8 Å². The number of piperazine rings is 1. The predicted octanol–water partition coefficient (Wildman–Crippen LogP) is 2.89. The van der Waals surface area contributed by atoms with Crippen LogP contribution in [0.4, 0.5) is 9.52 Å². The molecule has 8 heteroatoms. The molecule has 5 nitrogen and oxygen atoms in total. The first-order valence-electron chi connectivity index (χ1n) is 8.19. The van der Waals surface area contributed by atoms with Crippen molar-refractivity contribution in [1.82, 2.24) is 9.88 Å². The van der Waals surface area contributed by atoms with Gasteiger partial charge in [0.25, 0.3) is 0 Å². The van der Waals surface area contributed by atoms with E-state index in [2.05, 4.69) is 19.8 Å². The second-order valence-electron chi connectivity index (χ2n) is 6.21. The largest absolute Gasteiger partial charge is 0.370 e. The number of aliphatic imine (C=N–C) groups is 1. The summed E-state index contributed by atoms with van der Waals surface area (Å²) in [5.41, 5.74) is 6.94. The lowest BCUT2D eigenvalue weighted by Crippen LogP contribution is -2.51. The van der Waals surface area contributed by atoms with Crippen molar-refractivity contribution in [1.29, 1.82) is 0 Å². The molecule has 1 saturated heterocycles. The van der Waals surface area contributed by atoms with E-state index in [0.717, 1.165) is 43.3 Å². The number of hydrogen-bond donors (Lipinski definition) is 1. The van der Waals surface area contributed by atoms with Crippen molar-refractivity contribution < 1.29 is 4.39 Å². The Kier molecular flexibility index (Phi) is 5.78. The van der Waals surface area contributed by atoms with Gasteiger partial charge in [-0.05, 0) is 18.1 Å². The van der Waals surface area contributed by atoms with Crippen LogP contribution in [0.1, 0.15) is 17.9 Å². The lowest BCUT2D eigenvalue weighted by molar-refractivity contribution is 0.380. The summed E-state index contributed by atoms with van der Waals surface area (Å²) < 4.78 is 13.8. The third-order valence-corrected chi connectivity index (χ3v) is 5.49. The number of halogens is 2. The summed E-state index contributed by atoms with van der Waals surface area (Å²) in [5.74, 6) is 0.606. The molecule has 1 aromatic heterocycles. The molecule has 25 heavy (non-hydrogen) atoms. The third kappa shape index (κ3) is 4.05. The first-order valence-corrected chi connectivity index (χ1v) is 9.07. The third-order valence-electron chi connectivity index (χ3n) is 4.65. The van der Waals surface area contributed by atoms with Crippen LogP contribution in [0.5, 0.6) is 0 Å². The van der Waals surface area contributed by atoms with Gasteiger partial charge < -0.3 is 15.5 Å². The van der Waals surface area contributed by atoms with E-state index in [1.807, 2.05) is 23.7 Å². The van der Waals surface area contributed by atoms with Crippen molar-refractivity contribution >= 4 is 46.4 Å². The van der Waals surface area contributed by atoms with Crippen LogP contribution in [-0.4, -0.2) is 48.1 Å². The highest BCUT2D eigenvalue weighted by Crippen LogP contribution is 2.44. The second-order valence-corrected chi connectivity index (χ2v) is 7.08. The number of hydrogen-bond acceptors (Lipinski definition) is 4. The maximum absolute atomic E-state index is 13.8. The lowest BCUT2D eigenvalue weighted by atomic mass is 10.1. The summed E-state index contributed by atoms with van der Waals surface area (Å²) in [6, 6.07) is 7.06. The van der Waals surface area contributed by atoms with Crippen LogP contribution in [-0.2, 0) is 0 Å². The van der Waals surface area contributed by atoms with E-state index < -0.39 is 0 Å².